The van der Waals surface area contributed by atoms with Crippen molar-refractivity contribution < 1.29 is 32.5 Å². The summed E-state index contributed by atoms with van der Waals surface area (Å²) in [6, 6.07) is 0. The Morgan fingerprint density at radius 3 is 2.57 bits per heavy atom. The van der Waals surface area contributed by atoms with E-state index in [1.54, 1.807) is 0 Å². The van der Waals surface area contributed by atoms with Gasteiger partial charge in [-0.05, 0) is 19.1 Å². The molecule has 11 heteroatoms. The highest BCUT2D eigenvalue weighted by atomic mass is 32.1. The molecule has 21 heavy (non-hydrogen) atoms. The Morgan fingerprint density at radius 1 is 1.52 bits per heavy atom. The predicted molar refractivity (Wildman–Crippen MR) is 64.6 cm³/mol. The fourth-order valence-corrected chi connectivity index (χ4v) is 1.77. The second kappa shape index (κ2) is 6.64. The molecular formula is C10H12F4N2O4S. The highest BCUT2D eigenvalue weighted by molar-refractivity contribution is 7.71. The van der Waals surface area contributed by atoms with E-state index in [4.69, 9.17) is 27.2 Å². The number of rotatable bonds is 5. The lowest BCUT2D eigenvalue weighted by Crippen LogP contribution is -2.44. The minimum atomic E-state index is -5.00. The van der Waals surface area contributed by atoms with E-state index in [1.165, 1.54) is 6.92 Å². The molecule has 3 atom stereocenters. The number of nitrogens with zero attached hydrogens (tertiary/aromatic N) is 1. The van der Waals surface area contributed by atoms with Crippen LogP contribution in [-0.4, -0.2) is 44.8 Å². The molecule has 1 aromatic heterocycles. The molecule has 0 aliphatic heterocycles. The first-order chi connectivity index (χ1) is 9.57. The standard InChI is InChI=1S/C10H12F4N2O4S/c1-4(16-2-5(11)8(19)15-9(16)21)20-6(3-17)7(18)10(12,13)14/h2,4,6-7,17-18H,3H2,1H3,(H,15,19,21)/t4?,6?,7-/m0/s1. The number of aliphatic hydroxyl groups is 2. The molecule has 6 nitrogen and oxygen atoms in total. The summed E-state index contributed by atoms with van der Waals surface area (Å²) < 4.78 is 55.6. The molecule has 0 radical (unpaired) electrons. The molecule has 1 aromatic rings. The molecule has 0 aliphatic rings. The fourth-order valence-electron chi connectivity index (χ4n) is 1.48. The maximum Gasteiger partial charge on any atom is 0.417 e. The number of hydrogen-bond donors (Lipinski definition) is 3. The van der Waals surface area contributed by atoms with E-state index in [9.17, 15) is 22.4 Å². The van der Waals surface area contributed by atoms with E-state index in [0.717, 1.165) is 4.57 Å². The van der Waals surface area contributed by atoms with Gasteiger partial charge in [0.2, 0.25) is 5.82 Å². The van der Waals surface area contributed by atoms with Crippen molar-refractivity contribution in [3.05, 3.63) is 27.1 Å². The van der Waals surface area contributed by atoms with Crippen molar-refractivity contribution in [2.24, 2.45) is 0 Å². The first-order valence-corrected chi connectivity index (χ1v) is 6.00. The largest absolute Gasteiger partial charge is 0.417 e. The highest BCUT2D eigenvalue weighted by Gasteiger charge is 2.44. The van der Waals surface area contributed by atoms with Crippen LogP contribution < -0.4 is 5.56 Å². The van der Waals surface area contributed by atoms with Crippen LogP contribution in [0.2, 0.25) is 0 Å². The Hall–Kier alpha value is -1.30. The van der Waals surface area contributed by atoms with Gasteiger partial charge in [0, 0.05) is 0 Å². The van der Waals surface area contributed by atoms with Crippen molar-refractivity contribution in [3.63, 3.8) is 0 Å². The van der Waals surface area contributed by atoms with Gasteiger partial charge in [-0.15, -0.1) is 0 Å². The molecule has 0 amide bonds. The van der Waals surface area contributed by atoms with Crippen LogP contribution in [0.5, 0.6) is 0 Å². The quantitative estimate of drug-likeness (QED) is 0.550. The number of alkyl halides is 3. The number of hydrogen-bond acceptors (Lipinski definition) is 5. The lowest BCUT2D eigenvalue weighted by atomic mass is 10.2. The summed E-state index contributed by atoms with van der Waals surface area (Å²) in [6.07, 6.45) is -10.5. The average molecular weight is 332 g/mol. The van der Waals surface area contributed by atoms with E-state index < -0.39 is 42.6 Å². The van der Waals surface area contributed by atoms with Crippen LogP contribution in [-0.2, 0) is 4.74 Å². The van der Waals surface area contributed by atoms with Crippen molar-refractivity contribution in [2.45, 2.75) is 31.5 Å². The van der Waals surface area contributed by atoms with E-state index in [-0.39, 0.29) is 4.77 Å². The average Bonchev–Trinajstić information content (AvgIpc) is 2.38. The van der Waals surface area contributed by atoms with Gasteiger partial charge in [0.15, 0.2) is 10.9 Å². The van der Waals surface area contributed by atoms with Gasteiger partial charge in [-0.2, -0.15) is 17.6 Å². The van der Waals surface area contributed by atoms with E-state index >= 15 is 0 Å². The van der Waals surface area contributed by atoms with Crippen molar-refractivity contribution in [1.82, 2.24) is 9.55 Å². The number of halogens is 4. The zero-order valence-electron chi connectivity index (χ0n) is 10.6. The number of aromatic nitrogens is 2. The molecule has 3 N–H and O–H groups in total. The lowest BCUT2D eigenvalue weighted by Gasteiger charge is -2.27. The summed E-state index contributed by atoms with van der Waals surface area (Å²) in [4.78, 5) is 12.9. The molecular weight excluding hydrogens is 320 g/mol. The summed E-state index contributed by atoms with van der Waals surface area (Å²) in [7, 11) is 0. The van der Waals surface area contributed by atoms with Gasteiger partial charge in [-0.1, -0.05) is 0 Å². The van der Waals surface area contributed by atoms with Gasteiger partial charge in [0.05, 0.1) is 12.8 Å². The molecule has 1 heterocycles. The molecule has 120 valence electrons. The Balaban J connectivity index is 2.99. The summed E-state index contributed by atoms with van der Waals surface area (Å²) in [5.41, 5.74) is -1.09. The maximum absolute atomic E-state index is 13.1. The number of aliphatic hydroxyl groups excluding tert-OH is 2. The molecule has 2 unspecified atom stereocenters. The first kappa shape index (κ1) is 17.8. The third-order valence-corrected chi connectivity index (χ3v) is 2.87. The van der Waals surface area contributed by atoms with Crippen LogP contribution in [0.25, 0.3) is 0 Å². The minimum absolute atomic E-state index is 0.285. The smallest absolute Gasteiger partial charge is 0.394 e. The zero-order valence-corrected chi connectivity index (χ0v) is 11.4. The van der Waals surface area contributed by atoms with Gasteiger partial charge in [0.25, 0.3) is 5.56 Å². The summed E-state index contributed by atoms with van der Waals surface area (Å²) in [5.74, 6) is -1.21. The monoisotopic (exact) mass is 332 g/mol. The molecule has 0 bridgehead atoms. The topological polar surface area (TPSA) is 87.5 Å². The maximum atomic E-state index is 13.1. The molecule has 0 aromatic carbocycles. The highest BCUT2D eigenvalue weighted by Crippen LogP contribution is 2.25. The van der Waals surface area contributed by atoms with Gasteiger partial charge in [-0.3, -0.25) is 14.3 Å². The van der Waals surface area contributed by atoms with Crippen molar-refractivity contribution in [3.8, 4) is 0 Å². The third kappa shape index (κ3) is 4.33. The zero-order chi connectivity index (χ0) is 16.4. The number of ether oxygens (including phenoxy) is 1. The van der Waals surface area contributed by atoms with Gasteiger partial charge < -0.3 is 14.9 Å². The Labute approximate surface area is 120 Å². The van der Waals surface area contributed by atoms with E-state index in [0.29, 0.717) is 6.20 Å². The third-order valence-electron chi connectivity index (χ3n) is 2.56. The molecule has 0 spiro atoms. The number of nitrogens with one attached hydrogen (secondary N) is 1. The number of aromatic amines is 1. The Kier molecular flexibility index (Phi) is 5.61. The summed E-state index contributed by atoms with van der Waals surface area (Å²) in [5, 5.41) is 17.9. The van der Waals surface area contributed by atoms with E-state index in [1.807, 2.05) is 4.98 Å². The van der Waals surface area contributed by atoms with Gasteiger partial charge in [0.1, 0.15) is 12.3 Å². The molecule has 0 saturated carbocycles. The second-order valence-electron chi connectivity index (χ2n) is 4.09. The second-order valence-corrected chi connectivity index (χ2v) is 4.47. The number of H-pyrrole nitrogens is 1. The molecule has 0 aliphatic carbocycles. The van der Waals surface area contributed by atoms with Gasteiger partial charge >= 0.3 is 6.18 Å². The van der Waals surface area contributed by atoms with Gasteiger partial charge in [-0.25, -0.2) is 0 Å². The van der Waals surface area contributed by atoms with Crippen molar-refractivity contribution in [2.75, 3.05) is 6.61 Å². The SMILES string of the molecule is CC(OC(CO)[C@H](O)C(F)(F)F)n1cc(F)c(=O)[nH]c1=S. The lowest BCUT2D eigenvalue weighted by molar-refractivity contribution is -0.251. The predicted octanol–water partition coefficient (Wildman–Crippen LogP) is 0.864. The molecule has 0 fully saturated rings. The van der Waals surface area contributed by atoms with Crippen LogP contribution >= 0.6 is 12.2 Å². The first-order valence-electron chi connectivity index (χ1n) is 5.60. The van der Waals surface area contributed by atoms with Crippen LogP contribution in [0.15, 0.2) is 11.0 Å². The molecule has 0 saturated heterocycles. The van der Waals surface area contributed by atoms with Crippen LogP contribution in [0.3, 0.4) is 0 Å². The van der Waals surface area contributed by atoms with Crippen molar-refractivity contribution >= 4 is 12.2 Å². The van der Waals surface area contributed by atoms with E-state index in [2.05, 4.69) is 0 Å². The van der Waals surface area contributed by atoms with Crippen LogP contribution in [0.4, 0.5) is 17.6 Å². The Morgan fingerprint density at radius 2 is 2.10 bits per heavy atom. The Bertz CT molecular complexity index is 600. The minimum Gasteiger partial charge on any atom is -0.394 e. The summed E-state index contributed by atoms with van der Waals surface area (Å²) in [6.45, 7) is 0.0868. The molecule has 1 rings (SSSR count). The normalized spacial score (nSPS) is 16.5. The fraction of sp³-hybridized carbons (Fsp3) is 0.600. The van der Waals surface area contributed by atoms with Crippen LogP contribution in [0, 0.1) is 10.6 Å². The van der Waals surface area contributed by atoms with Crippen LogP contribution in [0.1, 0.15) is 13.2 Å². The summed E-state index contributed by atoms with van der Waals surface area (Å²) >= 11 is 4.72. The van der Waals surface area contributed by atoms with Crippen molar-refractivity contribution in [1.29, 1.82) is 0 Å².